The summed E-state index contributed by atoms with van der Waals surface area (Å²) in [6.45, 7) is 0.245. The van der Waals surface area contributed by atoms with Crippen molar-refractivity contribution in [2.75, 3.05) is 19.4 Å². The van der Waals surface area contributed by atoms with Crippen LogP contribution in [0.15, 0.2) is 29.2 Å². The van der Waals surface area contributed by atoms with Gasteiger partial charge in [0.15, 0.2) is 0 Å². The fourth-order valence-electron chi connectivity index (χ4n) is 2.75. The number of rotatable bonds is 6. The van der Waals surface area contributed by atoms with Crippen molar-refractivity contribution in [2.24, 2.45) is 0 Å². The van der Waals surface area contributed by atoms with Crippen molar-refractivity contribution in [3.8, 4) is 5.75 Å². The van der Waals surface area contributed by atoms with Gasteiger partial charge < -0.3 is 20.3 Å². The molecule has 0 saturated heterocycles. The number of carboxylic acids is 1. The van der Waals surface area contributed by atoms with Crippen LogP contribution in [0.25, 0.3) is 0 Å². The summed E-state index contributed by atoms with van der Waals surface area (Å²) < 4.78 is 37.9. The van der Waals surface area contributed by atoms with Crippen molar-refractivity contribution in [2.45, 2.75) is 24.0 Å². The van der Waals surface area contributed by atoms with Gasteiger partial charge in [-0.2, -0.15) is 0 Å². The van der Waals surface area contributed by atoms with E-state index in [-0.39, 0.29) is 35.0 Å². The number of nitrogens with one attached hydrogen (secondary N) is 1. The Morgan fingerprint density at radius 1 is 1.42 bits per heavy atom. The van der Waals surface area contributed by atoms with Gasteiger partial charge in [-0.3, -0.25) is 0 Å². The summed E-state index contributed by atoms with van der Waals surface area (Å²) in [6.07, 6.45) is -0.182. The van der Waals surface area contributed by atoms with Crippen molar-refractivity contribution in [1.82, 2.24) is 4.72 Å². The van der Waals surface area contributed by atoms with E-state index in [1.807, 2.05) is 0 Å². The second-order valence-corrected chi connectivity index (χ2v) is 8.62. The summed E-state index contributed by atoms with van der Waals surface area (Å²) in [7, 11) is -2.21. The van der Waals surface area contributed by atoms with Crippen LogP contribution >= 0.6 is 11.3 Å². The number of methoxy groups -OCH3 is 1. The van der Waals surface area contributed by atoms with Crippen molar-refractivity contribution in [1.29, 1.82) is 0 Å². The molecule has 10 heteroatoms. The van der Waals surface area contributed by atoms with Crippen LogP contribution in [0.5, 0.6) is 5.75 Å². The van der Waals surface area contributed by atoms with Gasteiger partial charge in [-0.25, -0.2) is 17.9 Å². The van der Waals surface area contributed by atoms with Gasteiger partial charge in [0.2, 0.25) is 10.0 Å². The standard InChI is InChI=1S/C16H18N2O6S2/c1-23-9-2-4-11(5-3-9)26(21,22)18-7-10-6-12-13(8-24-10)25-15(17)14(12)16(19)20/h2-5,10,18H,6-8,17H2,1H3,(H,19,20). The molecule has 1 aliphatic rings. The third-order valence-electron chi connectivity index (χ3n) is 4.08. The Labute approximate surface area is 154 Å². The molecule has 26 heavy (non-hydrogen) atoms. The first-order chi connectivity index (χ1) is 12.3. The summed E-state index contributed by atoms with van der Waals surface area (Å²) in [6, 6.07) is 6.02. The van der Waals surface area contributed by atoms with E-state index in [1.54, 1.807) is 12.1 Å². The van der Waals surface area contributed by atoms with E-state index in [0.717, 1.165) is 4.88 Å². The van der Waals surface area contributed by atoms with E-state index >= 15 is 0 Å². The van der Waals surface area contributed by atoms with Gasteiger partial charge in [0, 0.05) is 17.8 Å². The van der Waals surface area contributed by atoms with E-state index < -0.39 is 22.1 Å². The predicted molar refractivity (Wildman–Crippen MR) is 96.2 cm³/mol. The molecule has 4 N–H and O–H groups in total. The minimum atomic E-state index is -3.71. The maximum atomic E-state index is 12.4. The van der Waals surface area contributed by atoms with Gasteiger partial charge >= 0.3 is 5.97 Å². The Morgan fingerprint density at radius 3 is 2.73 bits per heavy atom. The largest absolute Gasteiger partial charge is 0.497 e. The number of benzene rings is 1. The van der Waals surface area contributed by atoms with Crippen LogP contribution < -0.4 is 15.2 Å². The molecule has 0 spiro atoms. The van der Waals surface area contributed by atoms with E-state index in [0.29, 0.717) is 11.3 Å². The van der Waals surface area contributed by atoms with Gasteiger partial charge in [-0.1, -0.05) is 0 Å². The Hall–Kier alpha value is -2.14. The van der Waals surface area contributed by atoms with Gasteiger partial charge in [0.1, 0.15) is 10.8 Å². The quantitative estimate of drug-likeness (QED) is 0.672. The van der Waals surface area contributed by atoms with Crippen molar-refractivity contribution >= 4 is 32.3 Å². The lowest BCUT2D eigenvalue weighted by Gasteiger charge is -2.23. The molecular formula is C16H18N2O6S2. The predicted octanol–water partition coefficient (Wildman–Crippen LogP) is 1.46. The van der Waals surface area contributed by atoms with Crippen molar-refractivity contribution in [3.05, 3.63) is 40.3 Å². The third-order valence-corrected chi connectivity index (χ3v) is 6.56. The number of thiophene rings is 1. The number of hydrogen-bond donors (Lipinski definition) is 3. The average Bonchev–Trinajstić information content (AvgIpc) is 2.95. The summed E-state index contributed by atoms with van der Waals surface area (Å²) in [4.78, 5) is 12.3. The molecular weight excluding hydrogens is 380 g/mol. The Morgan fingerprint density at radius 2 is 2.12 bits per heavy atom. The number of nitrogens with two attached hydrogens (primary N) is 1. The number of aromatic carboxylic acids is 1. The molecule has 2 aromatic rings. The van der Waals surface area contributed by atoms with Crippen LogP contribution in [0.1, 0.15) is 20.8 Å². The van der Waals surface area contributed by atoms with Crippen LogP contribution in [-0.2, 0) is 27.8 Å². The number of sulfonamides is 1. The Balaban J connectivity index is 1.70. The summed E-state index contributed by atoms with van der Waals surface area (Å²) >= 11 is 1.19. The number of hydrogen-bond acceptors (Lipinski definition) is 7. The Kier molecular flexibility index (Phi) is 5.19. The van der Waals surface area contributed by atoms with E-state index in [2.05, 4.69) is 4.72 Å². The summed E-state index contributed by atoms with van der Waals surface area (Å²) in [5.41, 5.74) is 6.49. The zero-order chi connectivity index (χ0) is 18.9. The number of fused-ring (bicyclic) bond motifs is 1. The van der Waals surface area contributed by atoms with Crippen molar-refractivity contribution < 1.29 is 27.8 Å². The molecule has 0 fully saturated rings. The smallest absolute Gasteiger partial charge is 0.338 e. The van der Waals surface area contributed by atoms with Crippen LogP contribution in [0.4, 0.5) is 5.00 Å². The van der Waals surface area contributed by atoms with Gasteiger partial charge in [0.05, 0.1) is 30.3 Å². The van der Waals surface area contributed by atoms with Crippen LogP contribution in [-0.4, -0.2) is 39.3 Å². The number of carbonyl (C=O) groups is 1. The number of carboxylic acid groups (broad SMARTS) is 1. The van der Waals surface area contributed by atoms with Crippen LogP contribution in [0.3, 0.4) is 0 Å². The molecule has 1 atom stereocenters. The summed E-state index contributed by atoms with van der Waals surface area (Å²) in [5, 5.41) is 9.55. The normalized spacial score (nSPS) is 16.9. The number of nitrogen functional groups attached to an aromatic ring is 1. The highest BCUT2D eigenvalue weighted by Crippen LogP contribution is 2.35. The highest BCUT2D eigenvalue weighted by atomic mass is 32.2. The number of ether oxygens (including phenoxy) is 2. The monoisotopic (exact) mass is 398 g/mol. The Bertz CT molecular complexity index is 921. The molecule has 1 unspecified atom stereocenters. The molecule has 1 aromatic carbocycles. The third kappa shape index (κ3) is 3.68. The number of anilines is 1. The first-order valence-electron chi connectivity index (χ1n) is 7.70. The molecule has 8 nitrogen and oxygen atoms in total. The lowest BCUT2D eigenvalue weighted by molar-refractivity contribution is 0.0339. The molecule has 3 rings (SSSR count). The van der Waals surface area contributed by atoms with E-state index in [1.165, 1.54) is 30.6 Å². The molecule has 1 aromatic heterocycles. The first kappa shape index (κ1) is 18.6. The van der Waals surface area contributed by atoms with Gasteiger partial charge in [0.25, 0.3) is 0 Å². The molecule has 2 heterocycles. The molecule has 0 amide bonds. The lowest BCUT2D eigenvalue weighted by Crippen LogP contribution is -2.36. The molecule has 0 radical (unpaired) electrons. The zero-order valence-electron chi connectivity index (χ0n) is 13.9. The second-order valence-electron chi connectivity index (χ2n) is 5.71. The molecule has 0 bridgehead atoms. The zero-order valence-corrected chi connectivity index (χ0v) is 15.5. The molecule has 0 saturated carbocycles. The SMILES string of the molecule is COc1ccc(S(=O)(=O)NCC2Cc3c(sc(N)c3C(=O)O)CO2)cc1. The van der Waals surface area contributed by atoms with Gasteiger partial charge in [-0.05, 0) is 29.8 Å². The lowest BCUT2D eigenvalue weighted by atomic mass is 10.0. The average molecular weight is 398 g/mol. The fraction of sp³-hybridized carbons (Fsp3) is 0.312. The second kappa shape index (κ2) is 7.23. The first-order valence-corrected chi connectivity index (χ1v) is 10.0. The molecule has 0 aliphatic carbocycles. The highest BCUT2D eigenvalue weighted by molar-refractivity contribution is 7.89. The van der Waals surface area contributed by atoms with Crippen LogP contribution in [0.2, 0.25) is 0 Å². The van der Waals surface area contributed by atoms with Crippen molar-refractivity contribution in [3.63, 3.8) is 0 Å². The van der Waals surface area contributed by atoms with E-state index in [9.17, 15) is 18.3 Å². The molecule has 140 valence electrons. The highest BCUT2D eigenvalue weighted by Gasteiger charge is 2.29. The van der Waals surface area contributed by atoms with Crippen LogP contribution in [0, 0.1) is 0 Å². The van der Waals surface area contributed by atoms with Gasteiger partial charge in [-0.15, -0.1) is 11.3 Å². The minimum absolute atomic E-state index is 0.0304. The fourth-order valence-corrected chi connectivity index (χ4v) is 4.83. The topological polar surface area (TPSA) is 128 Å². The van der Waals surface area contributed by atoms with E-state index in [4.69, 9.17) is 15.2 Å². The summed E-state index contributed by atoms with van der Waals surface area (Å²) in [5.74, 6) is -0.525. The minimum Gasteiger partial charge on any atom is -0.497 e. The maximum Gasteiger partial charge on any atom is 0.338 e. The molecule has 1 aliphatic heterocycles. The maximum absolute atomic E-state index is 12.4.